The number of hydrogen-bond donors (Lipinski definition) is 1. The quantitative estimate of drug-likeness (QED) is 0.657. The van der Waals surface area contributed by atoms with Crippen molar-refractivity contribution < 1.29 is 4.92 Å². The number of benzene rings is 1. The molecule has 4 nitrogen and oxygen atoms in total. The van der Waals surface area contributed by atoms with Gasteiger partial charge in [0.05, 0.1) is 4.92 Å². The zero-order chi connectivity index (χ0) is 14.0. The minimum absolute atomic E-state index is 0.0185. The van der Waals surface area contributed by atoms with E-state index in [1.807, 2.05) is 0 Å². The number of rotatable bonds is 3. The topological polar surface area (TPSA) is 55.2 Å². The Morgan fingerprint density at radius 2 is 1.89 bits per heavy atom. The minimum atomic E-state index is -0.416. The Morgan fingerprint density at radius 3 is 2.47 bits per heavy atom. The molecule has 0 aliphatic heterocycles. The second-order valence-electron chi connectivity index (χ2n) is 5.65. The molecule has 2 unspecified atom stereocenters. The normalized spacial score (nSPS) is 27.0. The number of halogens is 1. The number of anilines is 1. The van der Waals surface area contributed by atoms with Crippen molar-refractivity contribution >= 4 is 23.0 Å². The van der Waals surface area contributed by atoms with E-state index >= 15 is 0 Å². The molecule has 1 aliphatic rings. The summed E-state index contributed by atoms with van der Waals surface area (Å²) in [5.41, 5.74) is 0.513. The lowest BCUT2D eigenvalue weighted by Gasteiger charge is -2.32. The van der Waals surface area contributed by atoms with Crippen LogP contribution in [-0.2, 0) is 0 Å². The average Bonchev–Trinajstić information content (AvgIpc) is 2.26. The van der Waals surface area contributed by atoms with E-state index in [-0.39, 0.29) is 16.8 Å². The van der Waals surface area contributed by atoms with Gasteiger partial charge in [-0.05, 0) is 43.2 Å². The number of nitro groups is 1. The molecule has 0 heterocycles. The predicted molar refractivity (Wildman–Crippen MR) is 77.7 cm³/mol. The van der Waals surface area contributed by atoms with Gasteiger partial charge in [0.15, 0.2) is 0 Å². The number of hydrogen-bond acceptors (Lipinski definition) is 3. The Hall–Kier alpha value is -1.29. The van der Waals surface area contributed by atoms with Crippen molar-refractivity contribution in [2.45, 2.75) is 39.2 Å². The summed E-state index contributed by atoms with van der Waals surface area (Å²) in [6, 6.07) is 5.31. The van der Waals surface area contributed by atoms with Crippen LogP contribution in [0, 0.1) is 22.0 Å². The molecule has 0 spiro atoms. The van der Waals surface area contributed by atoms with Crippen LogP contribution in [0.4, 0.5) is 11.4 Å². The van der Waals surface area contributed by atoms with E-state index in [9.17, 15) is 10.1 Å². The number of nitrogens with one attached hydrogen (secondary N) is 1. The predicted octanol–water partition coefficient (Wildman–Crippen LogP) is 4.48. The first kappa shape index (κ1) is 14.1. The molecule has 2 rings (SSSR count). The van der Waals surface area contributed by atoms with Crippen LogP contribution in [0.15, 0.2) is 18.2 Å². The second kappa shape index (κ2) is 5.78. The van der Waals surface area contributed by atoms with Gasteiger partial charge in [0.2, 0.25) is 0 Å². The summed E-state index contributed by atoms with van der Waals surface area (Å²) < 4.78 is 0. The molecule has 1 aliphatic carbocycles. The number of para-hydroxylation sites is 1. The van der Waals surface area contributed by atoms with Gasteiger partial charge >= 0.3 is 5.69 Å². The molecule has 0 bridgehead atoms. The van der Waals surface area contributed by atoms with E-state index in [0.717, 1.165) is 12.8 Å². The van der Waals surface area contributed by atoms with Gasteiger partial charge < -0.3 is 5.32 Å². The van der Waals surface area contributed by atoms with Crippen LogP contribution in [0.25, 0.3) is 0 Å². The summed E-state index contributed by atoms with van der Waals surface area (Å²) in [5, 5.41) is 14.6. The Kier molecular flexibility index (Phi) is 4.30. The van der Waals surface area contributed by atoms with Crippen LogP contribution >= 0.6 is 11.6 Å². The maximum atomic E-state index is 11.1. The minimum Gasteiger partial charge on any atom is -0.377 e. The monoisotopic (exact) mass is 282 g/mol. The van der Waals surface area contributed by atoms with Crippen LogP contribution < -0.4 is 5.32 Å². The lowest BCUT2D eigenvalue weighted by atomic mass is 9.80. The lowest BCUT2D eigenvalue weighted by Crippen LogP contribution is -2.30. The third kappa shape index (κ3) is 3.38. The molecule has 5 heteroatoms. The molecule has 0 radical (unpaired) electrons. The molecule has 0 aromatic heterocycles. The van der Waals surface area contributed by atoms with E-state index in [0.29, 0.717) is 17.5 Å². The zero-order valence-electron chi connectivity index (χ0n) is 11.2. The van der Waals surface area contributed by atoms with Crippen molar-refractivity contribution in [3.8, 4) is 0 Å². The summed E-state index contributed by atoms with van der Waals surface area (Å²) in [6.45, 7) is 4.47. The highest BCUT2D eigenvalue weighted by molar-refractivity contribution is 6.33. The van der Waals surface area contributed by atoms with Gasteiger partial charge in [-0.1, -0.05) is 31.5 Å². The Balaban J connectivity index is 2.19. The summed E-state index contributed by atoms with van der Waals surface area (Å²) in [5.74, 6) is 1.30. The van der Waals surface area contributed by atoms with Crippen LogP contribution in [0.5, 0.6) is 0 Å². The van der Waals surface area contributed by atoms with Gasteiger partial charge in [0, 0.05) is 6.04 Å². The van der Waals surface area contributed by atoms with E-state index < -0.39 is 4.92 Å². The van der Waals surface area contributed by atoms with E-state index in [1.165, 1.54) is 6.42 Å². The molecule has 1 N–H and O–H groups in total. The summed E-state index contributed by atoms with van der Waals surface area (Å²) >= 11 is 5.92. The van der Waals surface area contributed by atoms with Crippen molar-refractivity contribution in [3.63, 3.8) is 0 Å². The Labute approximate surface area is 118 Å². The largest absolute Gasteiger partial charge is 0.377 e. The molecule has 2 atom stereocenters. The second-order valence-corrected chi connectivity index (χ2v) is 6.06. The van der Waals surface area contributed by atoms with Gasteiger partial charge in [-0.15, -0.1) is 0 Å². The van der Waals surface area contributed by atoms with Crippen molar-refractivity contribution in [1.29, 1.82) is 0 Å². The molecular formula is C14H19ClN2O2. The van der Waals surface area contributed by atoms with Crippen LogP contribution in [0.2, 0.25) is 5.02 Å². The lowest BCUT2D eigenvalue weighted by molar-refractivity contribution is -0.383. The first-order valence-electron chi connectivity index (χ1n) is 6.66. The fourth-order valence-corrected chi connectivity index (χ4v) is 3.35. The third-order valence-electron chi connectivity index (χ3n) is 3.71. The summed E-state index contributed by atoms with van der Waals surface area (Å²) in [7, 11) is 0. The van der Waals surface area contributed by atoms with Gasteiger partial charge in [0.1, 0.15) is 10.7 Å². The fourth-order valence-electron chi connectivity index (χ4n) is 3.10. The molecule has 104 valence electrons. The SMILES string of the molecule is CC1CC(C)CC(Nc2cccc(Cl)c2[N+](=O)[O-])C1. The molecule has 1 fully saturated rings. The van der Waals surface area contributed by atoms with Crippen molar-refractivity contribution in [3.05, 3.63) is 33.3 Å². The number of nitrogens with zero attached hydrogens (tertiary/aromatic N) is 1. The summed E-state index contributed by atoms with van der Waals surface area (Å²) in [6.07, 6.45) is 3.33. The molecule has 1 saturated carbocycles. The van der Waals surface area contributed by atoms with E-state index in [1.54, 1.807) is 18.2 Å². The molecule has 19 heavy (non-hydrogen) atoms. The number of nitro benzene ring substituents is 1. The van der Waals surface area contributed by atoms with E-state index in [2.05, 4.69) is 19.2 Å². The first-order chi connectivity index (χ1) is 8.97. The van der Waals surface area contributed by atoms with E-state index in [4.69, 9.17) is 11.6 Å². The zero-order valence-corrected chi connectivity index (χ0v) is 12.0. The highest BCUT2D eigenvalue weighted by atomic mass is 35.5. The van der Waals surface area contributed by atoms with Gasteiger partial charge in [-0.3, -0.25) is 10.1 Å². The summed E-state index contributed by atoms with van der Waals surface area (Å²) in [4.78, 5) is 10.7. The van der Waals surface area contributed by atoms with Crippen molar-refractivity contribution in [2.75, 3.05) is 5.32 Å². The van der Waals surface area contributed by atoms with Crippen LogP contribution in [0.1, 0.15) is 33.1 Å². The van der Waals surface area contributed by atoms with Gasteiger partial charge in [-0.25, -0.2) is 0 Å². The molecule has 0 amide bonds. The standard InChI is InChI=1S/C14H19ClN2O2/c1-9-6-10(2)8-11(7-9)16-13-5-3-4-12(15)14(13)17(18)19/h3-5,9-11,16H,6-8H2,1-2H3. The fraction of sp³-hybridized carbons (Fsp3) is 0.571. The van der Waals surface area contributed by atoms with Crippen molar-refractivity contribution in [1.82, 2.24) is 0 Å². The Bertz CT molecular complexity index is 469. The van der Waals surface area contributed by atoms with Crippen LogP contribution in [0.3, 0.4) is 0 Å². The van der Waals surface area contributed by atoms with Crippen LogP contribution in [-0.4, -0.2) is 11.0 Å². The Morgan fingerprint density at radius 1 is 1.26 bits per heavy atom. The van der Waals surface area contributed by atoms with Gasteiger partial charge in [-0.2, -0.15) is 0 Å². The molecule has 1 aromatic carbocycles. The average molecular weight is 283 g/mol. The maximum absolute atomic E-state index is 11.1. The maximum Gasteiger partial charge on any atom is 0.310 e. The first-order valence-corrected chi connectivity index (χ1v) is 7.04. The van der Waals surface area contributed by atoms with Gasteiger partial charge in [0.25, 0.3) is 0 Å². The highest BCUT2D eigenvalue weighted by Crippen LogP contribution is 2.36. The molecular weight excluding hydrogens is 264 g/mol. The third-order valence-corrected chi connectivity index (χ3v) is 4.01. The molecule has 0 saturated heterocycles. The van der Waals surface area contributed by atoms with Crippen molar-refractivity contribution in [2.24, 2.45) is 11.8 Å². The highest BCUT2D eigenvalue weighted by Gasteiger charge is 2.26. The smallest absolute Gasteiger partial charge is 0.310 e. The molecule has 1 aromatic rings.